The highest BCUT2D eigenvalue weighted by Crippen LogP contribution is 2.28. The first-order valence-corrected chi connectivity index (χ1v) is 6.05. The maximum absolute atomic E-state index is 4.65. The monoisotopic (exact) mass is 218 g/mol. The topological polar surface area (TPSA) is 25.8 Å². The van der Waals surface area contributed by atoms with Crippen molar-refractivity contribution in [1.29, 1.82) is 0 Å². The smallest absolute Gasteiger partial charge is 0.125 e. The van der Waals surface area contributed by atoms with E-state index in [-0.39, 0.29) is 0 Å². The van der Waals surface area contributed by atoms with Gasteiger partial charge in [-0.05, 0) is 25.0 Å². The van der Waals surface area contributed by atoms with Crippen LogP contribution in [0.3, 0.4) is 0 Å². The van der Waals surface area contributed by atoms with Crippen LogP contribution in [0.25, 0.3) is 10.6 Å². The second kappa shape index (κ2) is 4.53. The Morgan fingerprint density at radius 3 is 2.67 bits per heavy atom. The lowest BCUT2D eigenvalue weighted by molar-refractivity contribution is 1.01. The Morgan fingerprint density at radius 1 is 1.27 bits per heavy atom. The Hall–Kier alpha value is -1.22. The zero-order valence-electron chi connectivity index (χ0n) is 9.03. The Kier molecular flexibility index (Phi) is 3.11. The van der Waals surface area contributed by atoms with Crippen molar-refractivity contribution in [2.45, 2.75) is 26.7 Å². The van der Waals surface area contributed by atoms with Gasteiger partial charge in [0.1, 0.15) is 5.01 Å². The van der Waals surface area contributed by atoms with Crippen molar-refractivity contribution in [2.75, 3.05) is 0 Å². The Balaban J connectivity index is 2.42. The van der Waals surface area contributed by atoms with Crippen LogP contribution in [0.2, 0.25) is 0 Å². The van der Waals surface area contributed by atoms with Gasteiger partial charge in [-0.25, -0.2) is 4.98 Å². The van der Waals surface area contributed by atoms with Crippen LogP contribution in [0.1, 0.15) is 24.4 Å². The molecule has 0 saturated carbocycles. The quantitative estimate of drug-likeness (QED) is 0.789. The van der Waals surface area contributed by atoms with Gasteiger partial charge in [0.15, 0.2) is 0 Å². The highest BCUT2D eigenvalue weighted by molar-refractivity contribution is 7.15. The van der Waals surface area contributed by atoms with Crippen LogP contribution < -0.4 is 0 Å². The fourth-order valence-electron chi connectivity index (χ4n) is 1.55. The van der Waals surface area contributed by atoms with Crippen LogP contribution in [-0.4, -0.2) is 9.97 Å². The second-order valence-corrected chi connectivity index (χ2v) is 4.42. The number of rotatable bonds is 3. The average molecular weight is 218 g/mol. The molecule has 3 heteroatoms. The molecule has 78 valence electrons. The molecule has 2 aromatic rings. The maximum atomic E-state index is 4.65. The standard InChI is InChI=1S/C12H14N2S/c1-3-10-11(4-2)15-12(14-10)9-6-5-7-13-8-9/h5-8H,3-4H2,1-2H3. The lowest BCUT2D eigenvalue weighted by Crippen LogP contribution is -1.85. The van der Waals surface area contributed by atoms with E-state index < -0.39 is 0 Å². The number of hydrogen-bond acceptors (Lipinski definition) is 3. The molecule has 0 fully saturated rings. The third-order valence-electron chi connectivity index (χ3n) is 2.34. The van der Waals surface area contributed by atoms with Gasteiger partial charge in [-0.1, -0.05) is 13.8 Å². The van der Waals surface area contributed by atoms with Gasteiger partial charge in [0.05, 0.1) is 5.69 Å². The average Bonchev–Trinajstić information content (AvgIpc) is 2.73. The van der Waals surface area contributed by atoms with Crippen LogP contribution in [-0.2, 0) is 12.8 Å². The summed E-state index contributed by atoms with van der Waals surface area (Å²) >= 11 is 1.79. The molecule has 2 nitrogen and oxygen atoms in total. The Morgan fingerprint density at radius 2 is 2.13 bits per heavy atom. The van der Waals surface area contributed by atoms with E-state index in [1.54, 1.807) is 17.5 Å². The molecule has 0 spiro atoms. The zero-order chi connectivity index (χ0) is 10.7. The van der Waals surface area contributed by atoms with E-state index in [1.165, 1.54) is 10.6 Å². The maximum Gasteiger partial charge on any atom is 0.125 e. The van der Waals surface area contributed by atoms with Crippen molar-refractivity contribution < 1.29 is 0 Å². The summed E-state index contributed by atoms with van der Waals surface area (Å²) in [4.78, 5) is 10.2. The first-order chi connectivity index (χ1) is 7.35. The molecule has 0 atom stereocenters. The third kappa shape index (κ3) is 2.07. The highest BCUT2D eigenvalue weighted by atomic mass is 32.1. The largest absolute Gasteiger partial charge is 0.264 e. The van der Waals surface area contributed by atoms with E-state index in [2.05, 4.69) is 29.9 Å². The highest BCUT2D eigenvalue weighted by Gasteiger charge is 2.09. The zero-order valence-corrected chi connectivity index (χ0v) is 9.84. The molecular formula is C12H14N2S. The normalized spacial score (nSPS) is 10.5. The molecule has 0 radical (unpaired) electrons. The molecule has 2 rings (SSSR count). The molecule has 0 aliphatic rings. The fourth-order valence-corrected chi connectivity index (χ4v) is 2.63. The van der Waals surface area contributed by atoms with Crippen LogP contribution in [0.15, 0.2) is 24.5 Å². The molecule has 2 heterocycles. The molecule has 0 amide bonds. The van der Waals surface area contributed by atoms with Gasteiger partial charge in [-0.2, -0.15) is 0 Å². The van der Waals surface area contributed by atoms with E-state index >= 15 is 0 Å². The fraction of sp³-hybridized carbons (Fsp3) is 0.333. The summed E-state index contributed by atoms with van der Waals surface area (Å²) in [7, 11) is 0. The van der Waals surface area contributed by atoms with Crippen molar-refractivity contribution >= 4 is 11.3 Å². The Labute approximate surface area is 94.0 Å². The van der Waals surface area contributed by atoms with Gasteiger partial charge in [0, 0.05) is 22.8 Å². The van der Waals surface area contributed by atoms with E-state index in [9.17, 15) is 0 Å². The van der Waals surface area contributed by atoms with Crippen LogP contribution in [0.5, 0.6) is 0 Å². The lowest BCUT2D eigenvalue weighted by Gasteiger charge is -1.92. The van der Waals surface area contributed by atoms with Crippen molar-refractivity contribution in [3.63, 3.8) is 0 Å². The van der Waals surface area contributed by atoms with Crippen LogP contribution in [0, 0.1) is 0 Å². The van der Waals surface area contributed by atoms with E-state index in [0.717, 1.165) is 23.4 Å². The SMILES string of the molecule is CCc1nc(-c2cccnc2)sc1CC. The first-order valence-electron chi connectivity index (χ1n) is 5.24. The number of hydrogen-bond donors (Lipinski definition) is 0. The number of thiazole rings is 1. The van der Waals surface area contributed by atoms with Gasteiger partial charge < -0.3 is 0 Å². The predicted molar refractivity (Wildman–Crippen MR) is 64.1 cm³/mol. The summed E-state index contributed by atoms with van der Waals surface area (Å²) in [6.45, 7) is 4.33. The molecule has 0 bridgehead atoms. The number of pyridine rings is 1. The molecule has 2 aromatic heterocycles. The van der Waals surface area contributed by atoms with E-state index in [4.69, 9.17) is 0 Å². The Bertz CT molecular complexity index is 413. The third-order valence-corrected chi connectivity index (χ3v) is 3.63. The van der Waals surface area contributed by atoms with Gasteiger partial charge in [0.25, 0.3) is 0 Å². The summed E-state index contributed by atoms with van der Waals surface area (Å²) in [6.07, 6.45) is 5.75. The summed E-state index contributed by atoms with van der Waals surface area (Å²) < 4.78 is 0. The molecule has 0 aromatic carbocycles. The van der Waals surface area contributed by atoms with Gasteiger partial charge >= 0.3 is 0 Å². The molecule has 0 N–H and O–H groups in total. The predicted octanol–water partition coefficient (Wildman–Crippen LogP) is 3.33. The molecule has 0 saturated heterocycles. The van der Waals surface area contributed by atoms with Crippen LogP contribution in [0.4, 0.5) is 0 Å². The first kappa shape index (κ1) is 10.3. The minimum Gasteiger partial charge on any atom is -0.264 e. The van der Waals surface area contributed by atoms with Gasteiger partial charge in [-0.15, -0.1) is 11.3 Å². The van der Waals surface area contributed by atoms with Crippen molar-refractivity contribution in [3.05, 3.63) is 35.1 Å². The van der Waals surface area contributed by atoms with Crippen molar-refractivity contribution in [3.8, 4) is 10.6 Å². The molecule has 0 aliphatic heterocycles. The van der Waals surface area contributed by atoms with E-state index in [1.807, 2.05) is 12.3 Å². The minimum absolute atomic E-state index is 1.01. The number of aromatic nitrogens is 2. The number of aryl methyl sites for hydroxylation is 2. The molecule has 0 aliphatic carbocycles. The summed E-state index contributed by atoms with van der Waals surface area (Å²) in [6, 6.07) is 4.01. The number of nitrogens with zero attached hydrogens (tertiary/aromatic N) is 2. The summed E-state index contributed by atoms with van der Waals surface area (Å²) in [5, 5.41) is 1.09. The van der Waals surface area contributed by atoms with Crippen molar-refractivity contribution in [1.82, 2.24) is 9.97 Å². The molecule has 15 heavy (non-hydrogen) atoms. The van der Waals surface area contributed by atoms with E-state index in [0.29, 0.717) is 0 Å². The van der Waals surface area contributed by atoms with Gasteiger partial charge in [0.2, 0.25) is 0 Å². The van der Waals surface area contributed by atoms with Crippen LogP contribution >= 0.6 is 11.3 Å². The minimum atomic E-state index is 1.01. The van der Waals surface area contributed by atoms with Gasteiger partial charge in [-0.3, -0.25) is 4.98 Å². The lowest BCUT2D eigenvalue weighted by atomic mass is 10.2. The molecular weight excluding hydrogens is 204 g/mol. The second-order valence-electron chi connectivity index (χ2n) is 3.34. The molecule has 0 unspecified atom stereocenters. The van der Waals surface area contributed by atoms with Crippen molar-refractivity contribution in [2.24, 2.45) is 0 Å². The summed E-state index contributed by atoms with van der Waals surface area (Å²) in [5.41, 5.74) is 2.36. The summed E-state index contributed by atoms with van der Waals surface area (Å²) in [5.74, 6) is 0.